The first-order valence-corrected chi connectivity index (χ1v) is 8.71. The van der Waals surface area contributed by atoms with Gasteiger partial charge < -0.3 is 10.6 Å². The fourth-order valence-corrected chi connectivity index (χ4v) is 4.24. The van der Waals surface area contributed by atoms with Crippen LogP contribution in [0.4, 0.5) is 5.69 Å². The Morgan fingerprint density at radius 2 is 2.29 bits per heavy atom. The van der Waals surface area contributed by atoms with Crippen molar-refractivity contribution in [3.63, 3.8) is 0 Å². The zero-order valence-electron chi connectivity index (χ0n) is 11.8. The lowest BCUT2D eigenvalue weighted by Crippen LogP contribution is -2.39. The van der Waals surface area contributed by atoms with E-state index >= 15 is 0 Å². The largest absolute Gasteiger partial charge is 0.398 e. The summed E-state index contributed by atoms with van der Waals surface area (Å²) in [6.07, 6.45) is 1.85. The van der Waals surface area contributed by atoms with Gasteiger partial charge in [-0.25, -0.2) is 0 Å². The molecule has 0 saturated carbocycles. The molecule has 1 aliphatic rings. The molecule has 3 rings (SSSR count). The van der Waals surface area contributed by atoms with E-state index < -0.39 is 0 Å². The van der Waals surface area contributed by atoms with Crippen molar-refractivity contribution in [3.8, 4) is 0 Å². The van der Waals surface area contributed by atoms with Crippen molar-refractivity contribution in [3.05, 3.63) is 50.1 Å². The maximum absolute atomic E-state index is 12.9. The van der Waals surface area contributed by atoms with Gasteiger partial charge in [-0.15, -0.1) is 11.3 Å². The lowest BCUT2D eigenvalue weighted by atomic mass is 9.96. The molecule has 1 aliphatic heterocycles. The number of anilines is 1. The summed E-state index contributed by atoms with van der Waals surface area (Å²) < 4.78 is 0.876. The molecule has 3 nitrogen and oxygen atoms in total. The molecule has 5 heteroatoms. The monoisotopic (exact) mass is 364 g/mol. The zero-order valence-corrected chi connectivity index (χ0v) is 14.2. The van der Waals surface area contributed by atoms with Gasteiger partial charge in [0.2, 0.25) is 0 Å². The predicted octanol–water partition coefficient (Wildman–Crippen LogP) is 4.24. The van der Waals surface area contributed by atoms with Crippen LogP contribution < -0.4 is 5.73 Å². The van der Waals surface area contributed by atoms with Gasteiger partial charge in [0.1, 0.15) is 0 Å². The van der Waals surface area contributed by atoms with Gasteiger partial charge in [-0.05, 0) is 48.1 Å². The lowest BCUT2D eigenvalue weighted by Gasteiger charge is -2.35. The van der Waals surface area contributed by atoms with E-state index in [-0.39, 0.29) is 11.9 Å². The van der Waals surface area contributed by atoms with Gasteiger partial charge in [-0.2, -0.15) is 0 Å². The summed E-state index contributed by atoms with van der Waals surface area (Å²) in [5.41, 5.74) is 8.41. The number of amides is 1. The Bertz CT molecular complexity index is 683. The van der Waals surface area contributed by atoms with E-state index in [1.807, 2.05) is 17.0 Å². The van der Waals surface area contributed by atoms with E-state index in [2.05, 4.69) is 34.3 Å². The first-order valence-electron chi connectivity index (χ1n) is 7.04. The molecule has 2 N–H and O–H groups in total. The molecule has 1 aromatic carbocycles. The molecular formula is C16H17BrN2OS. The Morgan fingerprint density at radius 1 is 1.48 bits per heavy atom. The third-order valence-corrected chi connectivity index (χ3v) is 5.48. The van der Waals surface area contributed by atoms with Gasteiger partial charge >= 0.3 is 0 Å². The number of benzene rings is 1. The number of nitrogen functional groups attached to an aromatic ring is 1. The number of nitrogens with two attached hydrogens (primary N) is 1. The molecule has 110 valence electrons. The lowest BCUT2D eigenvalue weighted by molar-refractivity contribution is 0.0658. The molecule has 2 heterocycles. The molecule has 2 aromatic rings. The van der Waals surface area contributed by atoms with E-state index in [1.54, 1.807) is 17.4 Å². The van der Waals surface area contributed by atoms with Crippen LogP contribution in [-0.2, 0) is 6.42 Å². The molecule has 1 aromatic heterocycles. The first kappa shape index (κ1) is 14.6. The van der Waals surface area contributed by atoms with Crippen LogP contribution in [0.2, 0.25) is 0 Å². The van der Waals surface area contributed by atoms with Gasteiger partial charge in [0.25, 0.3) is 5.91 Å². The summed E-state index contributed by atoms with van der Waals surface area (Å²) in [5.74, 6) is 0.0255. The highest BCUT2D eigenvalue weighted by atomic mass is 79.9. The summed E-state index contributed by atoms with van der Waals surface area (Å²) in [6.45, 7) is 2.89. The fourth-order valence-electron chi connectivity index (χ4n) is 2.95. The van der Waals surface area contributed by atoms with Crippen LogP contribution in [0, 0.1) is 0 Å². The third kappa shape index (κ3) is 2.60. The predicted molar refractivity (Wildman–Crippen MR) is 90.6 cm³/mol. The van der Waals surface area contributed by atoms with Crippen LogP contribution in [-0.4, -0.2) is 17.4 Å². The van der Waals surface area contributed by atoms with E-state index in [0.717, 1.165) is 23.9 Å². The zero-order chi connectivity index (χ0) is 15.0. The molecule has 1 atom stereocenters. The van der Waals surface area contributed by atoms with E-state index in [1.165, 1.54) is 10.4 Å². The molecule has 0 fully saturated rings. The van der Waals surface area contributed by atoms with Crippen LogP contribution in [0.15, 0.2) is 34.1 Å². The van der Waals surface area contributed by atoms with Crippen LogP contribution in [0.1, 0.15) is 40.2 Å². The van der Waals surface area contributed by atoms with E-state index in [4.69, 9.17) is 5.73 Å². The number of hydrogen-bond donors (Lipinski definition) is 1. The number of hydrogen-bond acceptors (Lipinski definition) is 3. The van der Waals surface area contributed by atoms with Crippen molar-refractivity contribution >= 4 is 38.9 Å². The van der Waals surface area contributed by atoms with Gasteiger partial charge in [-0.1, -0.05) is 22.9 Å². The van der Waals surface area contributed by atoms with Crippen LogP contribution in [0.3, 0.4) is 0 Å². The minimum atomic E-state index is 0.0255. The molecule has 0 aliphatic carbocycles. The van der Waals surface area contributed by atoms with Gasteiger partial charge in [0.05, 0.1) is 11.6 Å². The molecule has 1 amide bonds. The van der Waals surface area contributed by atoms with Crippen LogP contribution >= 0.6 is 27.3 Å². The van der Waals surface area contributed by atoms with Gasteiger partial charge in [-0.3, -0.25) is 4.79 Å². The number of carbonyl (C=O) groups excluding carboxylic acids is 1. The average molecular weight is 365 g/mol. The molecule has 0 spiro atoms. The number of nitrogens with zero attached hydrogens (tertiary/aromatic N) is 1. The average Bonchev–Trinajstić information content (AvgIpc) is 2.96. The van der Waals surface area contributed by atoms with Gasteiger partial charge in [0.15, 0.2) is 0 Å². The summed E-state index contributed by atoms with van der Waals surface area (Å²) in [6, 6.07) is 7.76. The van der Waals surface area contributed by atoms with Crippen LogP contribution in [0.25, 0.3) is 0 Å². The van der Waals surface area contributed by atoms with Crippen molar-refractivity contribution in [2.75, 3.05) is 12.3 Å². The Kier molecular flexibility index (Phi) is 4.04. The molecule has 0 bridgehead atoms. The molecule has 0 saturated heterocycles. The Hall–Kier alpha value is -1.33. The fraction of sp³-hybridized carbons (Fsp3) is 0.312. The Balaban J connectivity index is 1.96. The maximum atomic E-state index is 12.9. The van der Waals surface area contributed by atoms with Crippen LogP contribution in [0.5, 0.6) is 0 Å². The van der Waals surface area contributed by atoms with Gasteiger partial charge in [0, 0.05) is 21.6 Å². The molecule has 21 heavy (non-hydrogen) atoms. The maximum Gasteiger partial charge on any atom is 0.256 e. The number of rotatable bonds is 2. The summed E-state index contributed by atoms with van der Waals surface area (Å²) >= 11 is 5.21. The van der Waals surface area contributed by atoms with Crippen molar-refractivity contribution in [1.82, 2.24) is 4.90 Å². The number of fused-ring (bicyclic) bond motifs is 1. The smallest absolute Gasteiger partial charge is 0.256 e. The topological polar surface area (TPSA) is 46.3 Å². The normalized spacial score (nSPS) is 17.6. The minimum absolute atomic E-state index is 0.0255. The number of thiophene rings is 1. The summed E-state index contributed by atoms with van der Waals surface area (Å²) in [4.78, 5) is 16.3. The standard InChI is InChI=1S/C16H17BrN2OS/c1-2-14-11-6-8-21-15(11)5-7-19(14)16(20)12-9-10(17)3-4-13(12)18/h3-4,6,8-9,14H,2,5,7,18H2,1H3. The second kappa shape index (κ2) is 5.81. The van der Waals surface area contributed by atoms with Crippen molar-refractivity contribution in [2.24, 2.45) is 0 Å². The minimum Gasteiger partial charge on any atom is -0.398 e. The van der Waals surface area contributed by atoms with E-state index in [9.17, 15) is 4.79 Å². The first-order chi connectivity index (χ1) is 10.1. The quantitative estimate of drug-likeness (QED) is 0.809. The Labute approximate surface area is 136 Å². The molecular weight excluding hydrogens is 348 g/mol. The number of halogens is 1. The molecule has 0 radical (unpaired) electrons. The molecule has 1 unspecified atom stereocenters. The second-order valence-electron chi connectivity index (χ2n) is 5.20. The van der Waals surface area contributed by atoms with Crippen molar-refractivity contribution < 1.29 is 4.79 Å². The SMILES string of the molecule is CCC1c2ccsc2CCN1C(=O)c1cc(Br)ccc1N. The highest BCUT2D eigenvalue weighted by molar-refractivity contribution is 9.10. The second-order valence-corrected chi connectivity index (χ2v) is 7.12. The highest BCUT2D eigenvalue weighted by Gasteiger charge is 2.31. The number of carbonyl (C=O) groups is 1. The van der Waals surface area contributed by atoms with E-state index in [0.29, 0.717) is 11.3 Å². The summed E-state index contributed by atoms with van der Waals surface area (Å²) in [7, 11) is 0. The third-order valence-electron chi connectivity index (χ3n) is 3.99. The Morgan fingerprint density at radius 3 is 3.05 bits per heavy atom. The highest BCUT2D eigenvalue weighted by Crippen LogP contribution is 2.36. The van der Waals surface area contributed by atoms with Crippen molar-refractivity contribution in [1.29, 1.82) is 0 Å². The van der Waals surface area contributed by atoms with Crippen molar-refractivity contribution in [2.45, 2.75) is 25.8 Å². The summed E-state index contributed by atoms with van der Waals surface area (Å²) in [5, 5.41) is 2.12.